The van der Waals surface area contributed by atoms with Crippen molar-refractivity contribution in [2.45, 2.75) is 33.2 Å². The van der Waals surface area contributed by atoms with Crippen molar-refractivity contribution in [1.82, 2.24) is 4.98 Å². The number of hydrogen-bond donors (Lipinski definition) is 1. The lowest BCUT2D eigenvalue weighted by Crippen LogP contribution is -2.29. The Morgan fingerprint density at radius 3 is 2.53 bits per heavy atom. The Bertz CT molecular complexity index is 1290. The van der Waals surface area contributed by atoms with E-state index in [0.717, 1.165) is 17.5 Å². The molecule has 1 saturated heterocycles. The second kappa shape index (κ2) is 9.69. The van der Waals surface area contributed by atoms with E-state index in [1.807, 2.05) is 20.8 Å². The molecule has 1 aliphatic heterocycles. The highest BCUT2D eigenvalue weighted by molar-refractivity contribution is 6.51. The van der Waals surface area contributed by atoms with Crippen molar-refractivity contribution in [2.75, 3.05) is 11.5 Å². The maximum absolute atomic E-state index is 13.2. The molecule has 1 aliphatic rings. The molecule has 6 nitrogen and oxygen atoms in total. The van der Waals surface area contributed by atoms with Crippen LogP contribution < -0.4 is 9.64 Å². The van der Waals surface area contributed by atoms with Gasteiger partial charge in [0.15, 0.2) is 0 Å². The van der Waals surface area contributed by atoms with E-state index in [9.17, 15) is 14.7 Å². The van der Waals surface area contributed by atoms with Crippen LogP contribution in [0.2, 0.25) is 5.02 Å². The lowest BCUT2D eigenvalue weighted by Gasteiger charge is -2.25. The van der Waals surface area contributed by atoms with Crippen molar-refractivity contribution in [1.29, 1.82) is 0 Å². The van der Waals surface area contributed by atoms with Crippen LogP contribution in [0.25, 0.3) is 5.76 Å². The van der Waals surface area contributed by atoms with Gasteiger partial charge in [0.25, 0.3) is 11.7 Å². The first-order valence-electron chi connectivity index (χ1n) is 11.1. The number of Topliss-reactive ketones (excluding diaryl/α,β-unsaturated/α-hetero) is 1. The summed E-state index contributed by atoms with van der Waals surface area (Å²) in [5.41, 5.74) is 2.96. The van der Waals surface area contributed by atoms with Crippen LogP contribution in [0.4, 0.5) is 5.69 Å². The predicted octanol–water partition coefficient (Wildman–Crippen LogP) is 5.77. The molecule has 0 radical (unpaired) electrons. The van der Waals surface area contributed by atoms with Crippen molar-refractivity contribution >= 4 is 34.7 Å². The summed E-state index contributed by atoms with van der Waals surface area (Å²) in [5.74, 6) is -1.10. The molecule has 2 aromatic carbocycles. The van der Waals surface area contributed by atoms with Crippen molar-refractivity contribution in [2.24, 2.45) is 0 Å². The zero-order chi connectivity index (χ0) is 24.4. The summed E-state index contributed by atoms with van der Waals surface area (Å²) in [6.07, 6.45) is 2.46. The minimum atomic E-state index is -0.906. The molecular formula is C27H25ClN2O4. The summed E-state index contributed by atoms with van der Waals surface area (Å²) in [5, 5.41) is 11.8. The highest BCUT2D eigenvalue weighted by Gasteiger charge is 2.47. The Labute approximate surface area is 203 Å². The van der Waals surface area contributed by atoms with E-state index < -0.39 is 17.7 Å². The van der Waals surface area contributed by atoms with Crippen LogP contribution in [0.3, 0.4) is 0 Å². The molecule has 3 aromatic rings. The van der Waals surface area contributed by atoms with Gasteiger partial charge in [-0.2, -0.15) is 0 Å². The van der Waals surface area contributed by atoms with Gasteiger partial charge in [-0.1, -0.05) is 30.7 Å². The number of aliphatic hydroxyl groups is 1. The quantitative estimate of drug-likeness (QED) is 0.277. The third-order valence-electron chi connectivity index (χ3n) is 5.76. The molecule has 1 N–H and O–H groups in total. The standard InChI is InChI=1S/C27H25ClN2O4/c1-4-13-34-22-11-9-18(14-17(22)3)25(31)23-24(21-7-5-6-12-29-21)30(27(33)26(23)32)19-10-8-16(2)20(28)15-19/h5-12,14-15,24,31H,4,13H2,1-3H3/b25-23+. The van der Waals surface area contributed by atoms with Crippen molar-refractivity contribution in [3.8, 4) is 5.75 Å². The van der Waals surface area contributed by atoms with Gasteiger partial charge >= 0.3 is 0 Å². The fourth-order valence-corrected chi connectivity index (χ4v) is 4.15. The Morgan fingerprint density at radius 1 is 1.09 bits per heavy atom. The van der Waals surface area contributed by atoms with Gasteiger partial charge in [0, 0.05) is 22.5 Å². The molecule has 0 aliphatic carbocycles. The fourth-order valence-electron chi connectivity index (χ4n) is 3.97. The van der Waals surface area contributed by atoms with Crippen molar-refractivity contribution in [3.63, 3.8) is 0 Å². The summed E-state index contributed by atoms with van der Waals surface area (Å²) in [4.78, 5) is 32.2. The molecule has 174 valence electrons. The first-order valence-corrected chi connectivity index (χ1v) is 11.4. The number of benzene rings is 2. The van der Waals surface area contributed by atoms with Gasteiger partial charge in [0.2, 0.25) is 0 Å². The van der Waals surface area contributed by atoms with Crippen LogP contribution >= 0.6 is 11.6 Å². The molecular weight excluding hydrogens is 452 g/mol. The largest absolute Gasteiger partial charge is 0.507 e. The van der Waals surface area contributed by atoms with Gasteiger partial charge in [-0.25, -0.2) is 0 Å². The van der Waals surface area contributed by atoms with Gasteiger partial charge in [-0.3, -0.25) is 19.5 Å². The maximum atomic E-state index is 13.2. The number of halogens is 1. The number of anilines is 1. The maximum Gasteiger partial charge on any atom is 0.300 e. The molecule has 4 rings (SSSR count). The minimum Gasteiger partial charge on any atom is -0.507 e. The molecule has 2 heterocycles. The molecule has 0 bridgehead atoms. The van der Waals surface area contributed by atoms with Crippen LogP contribution in [0.1, 0.15) is 41.8 Å². The highest BCUT2D eigenvalue weighted by atomic mass is 35.5. The van der Waals surface area contributed by atoms with Crippen LogP contribution in [-0.4, -0.2) is 28.4 Å². The number of nitrogens with zero attached hydrogens (tertiary/aromatic N) is 2. The summed E-state index contributed by atoms with van der Waals surface area (Å²) in [6.45, 7) is 6.32. The zero-order valence-corrected chi connectivity index (χ0v) is 20.0. The van der Waals surface area contributed by atoms with Crippen LogP contribution in [-0.2, 0) is 9.59 Å². The Balaban J connectivity index is 1.87. The number of ether oxygens (including phenoxy) is 1. The number of rotatable bonds is 6. The number of aliphatic hydroxyl groups excluding tert-OH is 1. The van der Waals surface area contributed by atoms with Gasteiger partial charge in [0.1, 0.15) is 17.6 Å². The van der Waals surface area contributed by atoms with E-state index in [1.165, 1.54) is 4.90 Å². The second-order valence-electron chi connectivity index (χ2n) is 8.19. The summed E-state index contributed by atoms with van der Waals surface area (Å²) >= 11 is 6.32. The first kappa shape index (κ1) is 23.5. The SMILES string of the molecule is CCCOc1ccc(/C(O)=C2\C(=O)C(=O)N(c3ccc(C)c(Cl)c3)C2c2ccccn2)cc1C. The van der Waals surface area contributed by atoms with E-state index in [0.29, 0.717) is 34.3 Å². The predicted molar refractivity (Wildman–Crippen MR) is 132 cm³/mol. The van der Waals surface area contributed by atoms with E-state index >= 15 is 0 Å². The Hall–Kier alpha value is -3.64. The lowest BCUT2D eigenvalue weighted by molar-refractivity contribution is -0.132. The minimum absolute atomic E-state index is 0.0259. The first-order chi connectivity index (χ1) is 16.3. The smallest absolute Gasteiger partial charge is 0.300 e. The van der Waals surface area contributed by atoms with Gasteiger partial charge in [-0.05, 0) is 73.9 Å². The molecule has 1 atom stereocenters. The van der Waals surface area contributed by atoms with Crippen LogP contribution in [0.5, 0.6) is 5.75 Å². The third-order valence-corrected chi connectivity index (χ3v) is 6.16. The zero-order valence-electron chi connectivity index (χ0n) is 19.2. The molecule has 1 amide bonds. The molecule has 0 saturated carbocycles. The number of hydrogen-bond acceptors (Lipinski definition) is 5. The van der Waals surface area contributed by atoms with Gasteiger partial charge < -0.3 is 9.84 Å². The molecule has 1 fully saturated rings. The third kappa shape index (κ3) is 4.29. The lowest BCUT2D eigenvalue weighted by atomic mass is 9.97. The van der Waals surface area contributed by atoms with Crippen LogP contribution in [0, 0.1) is 13.8 Å². The van der Waals surface area contributed by atoms with E-state index in [4.69, 9.17) is 16.3 Å². The van der Waals surface area contributed by atoms with Crippen LogP contribution in [0.15, 0.2) is 66.4 Å². The average Bonchev–Trinajstić information content (AvgIpc) is 3.10. The molecule has 1 unspecified atom stereocenters. The highest BCUT2D eigenvalue weighted by Crippen LogP contribution is 2.42. The van der Waals surface area contributed by atoms with E-state index in [1.54, 1.807) is 60.8 Å². The Kier molecular flexibility index (Phi) is 6.70. The molecule has 7 heteroatoms. The van der Waals surface area contributed by atoms with Crippen molar-refractivity contribution in [3.05, 3.63) is 93.8 Å². The van der Waals surface area contributed by atoms with E-state index in [-0.39, 0.29) is 11.3 Å². The molecule has 0 spiro atoms. The summed E-state index contributed by atoms with van der Waals surface area (Å²) < 4.78 is 5.72. The average molecular weight is 477 g/mol. The summed E-state index contributed by atoms with van der Waals surface area (Å²) in [6, 6.07) is 14.7. The number of aryl methyl sites for hydroxylation is 2. The number of amides is 1. The normalized spacial score (nSPS) is 17.3. The topological polar surface area (TPSA) is 79.7 Å². The van der Waals surface area contributed by atoms with Crippen molar-refractivity contribution < 1.29 is 19.4 Å². The van der Waals surface area contributed by atoms with Gasteiger partial charge in [-0.15, -0.1) is 0 Å². The number of aromatic nitrogens is 1. The van der Waals surface area contributed by atoms with Gasteiger partial charge in [0.05, 0.1) is 17.9 Å². The summed E-state index contributed by atoms with van der Waals surface area (Å²) in [7, 11) is 0. The fraction of sp³-hybridized carbons (Fsp3) is 0.222. The number of pyridine rings is 1. The number of carbonyl (C=O) groups excluding carboxylic acids is 2. The molecule has 34 heavy (non-hydrogen) atoms. The monoisotopic (exact) mass is 476 g/mol. The molecule has 1 aromatic heterocycles. The van der Waals surface area contributed by atoms with E-state index in [2.05, 4.69) is 4.98 Å². The second-order valence-corrected chi connectivity index (χ2v) is 8.59. The number of carbonyl (C=O) groups is 2. The number of ketones is 1. The Morgan fingerprint density at radius 2 is 1.88 bits per heavy atom.